The van der Waals surface area contributed by atoms with Crippen molar-refractivity contribution in [3.05, 3.63) is 20.7 Å². The third kappa shape index (κ3) is 17.7. The van der Waals surface area contributed by atoms with Crippen molar-refractivity contribution < 1.29 is 32.7 Å². The molecule has 0 bridgehead atoms. The van der Waals surface area contributed by atoms with Crippen molar-refractivity contribution in [2.24, 2.45) is 0 Å². The fourth-order valence-electron chi connectivity index (χ4n) is 0.506. The van der Waals surface area contributed by atoms with E-state index >= 15 is 0 Å². The van der Waals surface area contributed by atoms with Crippen LogP contribution < -0.4 is 0 Å². The molecule has 6 nitrogen and oxygen atoms in total. The number of hydrogen-bond acceptors (Lipinski definition) is 2. The van der Waals surface area contributed by atoms with E-state index in [1.807, 2.05) is 0 Å². The third-order valence-corrected chi connectivity index (χ3v) is 0.832. The zero-order valence-electron chi connectivity index (χ0n) is 5.74. The van der Waals surface area contributed by atoms with E-state index in [2.05, 4.69) is 10.6 Å². The average Bonchev–Trinajstić information content (AvgIpc) is 1.90. The van der Waals surface area contributed by atoms with E-state index < -0.39 is 5.09 Å². The Bertz CT molecular complexity index is 83.1. The summed E-state index contributed by atoms with van der Waals surface area (Å²) in [5.41, 5.74) is 0. The molecule has 0 aliphatic carbocycles. The molecule has 70 valence electrons. The predicted octanol–water partition coefficient (Wildman–Crippen LogP) is 0.397. The first-order chi connectivity index (χ1) is 4.73. The van der Waals surface area contributed by atoms with Crippen LogP contribution in [0.15, 0.2) is 0 Å². The molecule has 0 spiro atoms. The Balaban J connectivity index is 0. The van der Waals surface area contributed by atoms with Crippen LogP contribution in [0.1, 0.15) is 0 Å². The first-order valence-electron chi connectivity index (χ1n) is 2.83. The van der Waals surface area contributed by atoms with E-state index in [0.717, 1.165) is 26.2 Å². The summed E-state index contributed by atoms with van der Waals surface area (Å²) in [6, 6.07) is 0. The minimum atomic E-state index is -1.50. The maximum atomic E-state index is 8.36. The number of piperazine rings is 1. The number of nitrogens with zero attached hydrogens (tertiary/aromatic N) is 3. The van der Waals surface area contributed by atoms with Gasteiger partial charge in [-0.15, -0.1) is 10.1 Å². The monoisotopic (exact) mass is 254 g/mol. The molecular formula is C4H9AgN3O3-. The molecule has 1 aliphatic heterocycles. The van der Waals surface area contributed by atoms with E-state index in [0.29, 0.717) is 0 Å². The van der Waals surface area contributed by atoms with Crippen molar-refractivity contribution in [1.29, 1.82) is 0 Å². The molecule has 1 rings (SSSR count). The second kappa shape index (κ2) is 9.86. The van der Waals surface area contributed by atoms with Gasteiger partial charge in [0.25, 0.3) is 5.09 Å². The Morgan fingerprint density at radius 3 is 1.45 bits per heavy atom. The zero-order valence-corrected chi connectivity index (χ0v) is 7.22. The smallest absolute Gasteiger partial charge is 0.665 e. The molecular weight excluding hydrogens is 246 g/mol. The Morgan fingerprint density at radius 1 is 1.18 bits per heavy atom. The van der Waals surface area contributed by atoms with Crippen LogP contribution in [-0.2, 0) is 22.4 Å². The van der Waals surface area contributed by atoms with Gasteiger partial charge in [-0.1, -0.05) is 0 Å². The van der Waals surface area contributed by atoms with E-state index in [1.54, 1.807) is 0 Å². The molecule has 0 radical (unpaired) electrons. The van der Waals surface area contributed by atoms with Gasteiger partial charge >= 0.3 is 22.4 Å². The van der Waals surface area contributed by atoms with Gasteiger partial charge in [-0.2, -0.15) is 26.2 Å². The molecule has 1 N–H and O–H groups in total. The van der Waals surface area contributed by atoms with Crippen molar-refractivity contribution in [1.82, 2.24) is 0 Å². The van der Waals surface area contributed by atoms with Crippen LogP contribution >= 0.6 is 0 Å². The maximum absolute atomic E-state index is 8.36. The van der Waals surface area contributed by atoms with Gasteiger partial charge < -0.3 is 15.8 Å². The van der Waals surface area contributed by atoms with Crippen molar-refractivity contribution in [3.8, 4) is 0 Å². The summed E-state index contributed by atoms with van der Waals surface area (Å²) < 4.78 is 0. The van der Waals surface area contributed by atoms with Gasteiger partial charge in [-0.05, 0) is 0 Å². The van der Waals surface area contributed by atoms with Gasteiger partial charge in [0.15, 0.2) is 0 Å². The van der Waals surface area contributed by atoms with Crippen LogP contribution in [0, 0.1) is 10.1 Å². The molecule has 1 saturated heterocycles. The normalized spacial score (nSPS) is 15.3. The van der Waals surface area contributed by atoms with Gasteiger partial charge in [0.05, 0.1) is 0 Å². The minimum absolute atomic E-state index is 0. The van der Waals surface area contributed by atoms with Gasteiger partial charge in [0, 0.05) is 0 Å². The van der Waals surface area contributed by atoms with E-state index in [-0.39, 0.29) is 22.4 Å². The Labute approximate surface area is 80.0 Å². The summed E-state index contributed by atoms with van der Waals surface area (Å²) in [7, 11) is 0. The third-order valence-electron chi connectivity index (χ3n) is 0.832. The average molecular weight is 255 g/mol. The molecule has 1 fully saturated rings. The van der Waals surface area contributed by atoms with Crippen molar-refractivity contribution >= 4 is 0 Å². The molecule has 1 heterocycles. The molecule has 0 atom stereocenters. The molecule has 1 aliphatic rings. The first kappa shape index (κ1) is 13.5. The van der Waals surface area contributed by atoms with Gasteiger partial charge in [0.1, 0.15) is 0 Å². The van der Waals surface area contributed by atoms with Crippen LogP contribution in [0.25, 0.3) is 10.6 Å². The summed E-state index contributed by atoms with van der Waals surface area (Å²) in [6.07, 6.45) is 0. The van der Waals surface area contributed by atoms with Crippen LogP contribution in [0.2, 0.25) is 0 Å². The summed E-state index contributed by atoms with van der Waals surface area (Å²) in [5.74, 6) is 0. The predicted molar refractivity (Wildman–Crippen MR) is 35.0 cm³/mol. The van der Waals surface area contributed by atoms with Crippen LogP contribution in [0.5, 0.6) is 0 Å². The topological polar surface area (TPSA) is 91.6 Å². The Morgan fingerprint density at radius 2 is 1.36 bits per heavy atom. The van der Waals surface area contributed by atoms with Crippen molar-refractivity contribution in [3.63, 3.8) is 0 Å². The molecule has 0 unspecified atom stereocenters. The summed E-state index contributed by atoms with van der Waals surface area (Å²) in [6.45, 7) is 3.83. The first-order valence-corrected chi connectivity index (χ1v) is 2.83. The van der Waals surface area contributed by atoms with Crippen LogP contribution in [-0.4, -0.2) is 36.5 Å². The molecule has 0 amide bonds. The largest absolute Gasteiger partial charge is 1.00 e. The van der Waals surface area contributed by atoms with Gasteiger partial charge in [0.2, 0.25) is 0 Å². The summed E-state index contributed by atoms with van der Waals surface area (Å²) in [4.78, 5) is 8.36. The zero-order chi connectivity index (χ0) is 7.82. The fourth-order valence-corrected chi connectivity index (χ4v) is 0.506. The van der Waals surface area contributed by atoms with Crippen molar-refractivity contribution in [2.75, 3.05) is 26.2 Å². The second-order valence-corrected chi connectivity index (χ2v) is 1.58. The minimum Gasteiger partial charge on any atom is -0.665 e. The molecule has 0 saturated carbocycles. The van der Waals surface area contributed by atoms with Gasteiger partial charge in [-0.3, -0.25) is 0 Å². The molecule has 11 heavy (non-hydrogen) atoms. The van der Waals surface area contributed by atoms with E-state index in [9.17, 15) is 0 Å². The van der Waals surface area contributed by atoms with Gasteiger partial charge in [-0.25, -0.2) is 0 Å². The Hall–Kier alpha value is -0.140. The molecule has 0 aromatic heterocycles. The number of hydrogen-bond donors (Lipinski definition) is 1. The second-order valence-electron chi connectivity index (χ2n) is 1.58. The fraction of sp³-hybridized carbons (Fsp3) is 1.00. The number of rotatable bonds is 0. The van der Waals surface area contributed by atoms with E-state index in [4.69, 9.17) is 15.3 Å². The summed E-state index contributed by atoms with van der Waals surface area (Å²) in [5, 5.41) is 21.8. The Kier molecular flexibility index (Phi) is 12.1. The van der Waals surface area contributed by atoms with Crippen LogP contribution in [0.4, 0.5) is 0 Å². The maximum Gasteiger partial charge on any atom is 1.00 e. The summed E-state index contributed by atoms with van der Waals surface area (Å²) >= 11 is 0. The van der Waals surface area contributed by atoms with Crippen molar-refractivity contribution in [2.45, 2.75) is 0 Å². The molecule has 0 aromatic carbocycles. The standard InChI is InChI=1S/C4H8N2.Ag.HNO3/c1-2-6-4-3-5-1;;2-1(3)4/h1-4H2;;(H,2,3,4)/q-2;+1;. The quantitative estimate of drug-likeness (QED) is 0.385. The van der Waals surface area contributed by atoms with E-state index in [1.165, 1.54) is 0 Å². The molecule has 7 heteroatoms. The van der Waals surface area contributed by atoms with Crippen LogP contribution in [0.3, 0.4) is 0 Å². The molecule has 0 aromatic rings. The SMILES string of the molecule is C1C[N-]CC[N-]1.O=[N+]([O-])O.[Ag+].